The minimum atomic E-state index is 0.0202. The standard InChI is InChI=1S/C14H16ClNO/c15-10-5-6-13-11(8-10)12(14(17)16-13)7-9-3-1-2-4-9/h5-6,8-9,12H,1-4,7H2,(H,16,17). The summed E-state index contributed by atoms with van der Waals surface area (Å²) in [5, 5.41) is 3.67. The molecule has 17 heavy (non-hydrogen) atoms. The molecule has 3 rings (SSSR count). The van der Waals surface area contributed by atoms with Gasteiger partial charge in [0.05, 0.1) is 5.92 Å². The Balaban J connectivity index is 1.85. The van der Waals surface area contributed by atoms with Gasteiger partial charge in [-0.05, 0) is 36.1 Å². The second-order valence-corrected chi connectivity index (χ2v) is 5.60. The number of hydrogen-bond donors (Lipinski definition) is 1. The zero-order chi connectivity index (χ0) is 11.8. The van der Waals surface area contributed by atoms with Crippen LogP contribution in [-0.2, 0) is 4.79 Å². The van der Waals surface area contributed by atoms with Crippen molar-refractivity contribution < 1.29 is 4.79 Å². The lowest BCUT2D eigenvalue weighted by molar-refractivity contribution is -0.117. The van der Waals surface area contributed by atoms with Crippen LogP contribution in [0.25, 0.3) is 0 Å². The molecule has 1 saturated carbocycles. The lowest BCUT2D eigenvalue weighted by Gasteiger charge is -2.14. The van der Waals surface area contributed by atoms with Crippen LogP contribution in [0.3, 0.4) is 0 Å². The fourth-order valence-corrected chi connectivity index (χ4v) is 3.29. The molecule has 2 aliphatic rings. The summed E-state index contributed by atoms with van der Waals surface area (Å²) in [6, 6.07) is 5.68. The molecule has 0 saturated heterocycles. The summed E-state index contributed by atoms with van der Waals surface area (Å²) in [4.78, 5) is 12.0. The van der Waals surface area contributed by atoms with E-state index in [1.54, 1.807) is 0 Å². The van der Waals surface area contributed by atoms with Crippen LogP contribution in [0, 0.1) is 5.92 Å². The van der Waals surface area contributed by atoms with Crippen molar-refractivity contribution in [3.63, 3.8) is 0 Å². The minimum absolute atomic E-state index is 0.0202. The zero-order valence-electron chi connectivity index (χ0n) is 9.71. The average molecular weight is 250 g/mol. The number of rotatable bonds is 2. The van der Waals surface area contributed by atoms with Gasteiger partial charge in [-0.1, -0.05) is 37.3 Å². The Bertz CT molecular complexity index is 452. The van der Waals surface area contributed by atoms with Gasteiger partial charge in [0.1, 0.15) is 0 Å². The van der Waals surface area contributed by atoms with Gasteiger partial charge in [-0.15, -0.1) is 0 Å². The van der Waals surface area contributed by atoms with Gasteiger partial charge in [-0.25, -0.2) is 0 Å². The van der Waals surface area contributed by atoms with Crippen LogP contribution in [-0.4, -0.2) is 5.91 Å². The molecule has 1 aliphatic heterocycles. The molecule has 90 valence electrons. The fraction of sp³-hybridized carbons (Fsp3) is 0.500. The lowest BCUT2D eigenvalue weighted by atomic mass is 9.89. The van der Waals surface area contributed by atoms with Crippen molar-refractivity contribution in [2.24, 2.45) is 5.92 Å². The first-order chi connectivity index (χ1) is 8.24. The molecule has 0 spiro atoms. The highest BCUT2D eigenvalue weighted by Gasteiger charge is 2.33. The molecule has 0 radical (unpaired) electrons. The van der Waals surface area contributed by atoms with Gasteiger partial charge < -0.3 is 5.32 Å². The molecule has 1 amide bonds. The fourth-order valence-electron chi connectivity index (χ4n) is 3.11. The molecule has 1 unspecified atom stereocenters. The molecule has 1 aromatic carbocycles. The van der Waals surface area contributed by atoms with Crippen LogP contribution < -0.4 is 5.32 Å². The van der Waals surface area contributed by atoms with Crippen LogP contribution in [0.5, 0.6) is 0 Å². The Hall–Kier alpha value is -1.02. The highest BCUT2D eigenvalue weighted by atomic mass is 35.5. The first-order valence-corrected chi connectivity index (χ1v) is 6.72. The zero-order valence-corrected chi connectivity index (χ0v) is 10.5. The second-order valence-electron chi connectivity index (χ2n) is 5.16. The Morgan fingerprint density at radius 2 is 2.06 bits per heavy atom. The molecule has 0 aromatic heterocycles. The minimum Gasteiger partial charge on any atom is -0.325 e. The molecule has 1 aromatic rings. The number of hydrogen-bond acceptors (Lipinski definition) is 1. The third kappa shape index (κ3) is 2.06. The number of carbonyl (C=O) groups is 1. The Labute approximate surface area is 106 Å². The average Bonchev–Trinajstić information content (AvgIpc) is 2.90. The van der Waals surface area contributed by atoms with E-state index in [1.807, 2.05) is 18.2 Å². The molecule has 1 heterocycles. The van der Waals surface area contributed by atoms with Crippen LogP contribution in [0.2, 0.25) is 5.02 Å². The molecule has 1 N–H and O–H groups in total. The summed E-state index contributed by atoms with van der Waals surface area (Å²) in [5.74, 6) is 0.886. The van der Waals surface area contributed by atoms with Gasteiger partial charge in [0.15, 0.2) is 0 Å². The van der Waals surface area contributed by atoms with E-state index in [1.165, 1.54) is 25.7 Å². The normalized spacial score (nSPS) is 23.8. The number of fused-ring (bicyclic) bond motifs is 1. The van der Waals surface area contributed by atoms with E-state index in [-0.39, 0.29) is 11.8 Å². The van der Waals surface area contributed by atoms with E-state index in [4.69, 9.17) is 11.6 Å². The van der Waals surface area contributed by atoms with Crippen molar-refractivity contribution in [2.75, 3.05) is 5.32 Å². The predicted molar refractivity (Wildman–Crippen MR) is 69.4 cm³/mol. The van der Waals surface area contributed by atoms with E-state index in [0.29, 0.717) is 0 Å². The lowest BCUT2D eigenvalue weighted by Crippen LogP contribution is -2.14. The molecular formula is C14H16ClNO. The maximum Gasteiger partial charge on any atom is 0.232 e. The molecular weight excluding hydrogens is 234 g/mol. The van der Waals surface area contributed by atoms with E-state index in [9.17, 15) is 4.79 Å². The number of carbonyl (C=O) groups excluding carboxylic acids is 1. The molecule has 2 nitrogen and oxygen atoms in total. The van der Waals surface area contributed by atoms with Gasteiger partial charge in [-0.2, -0.15) is 0 Å². The Morgan fingerprint density at radius 3 is 2.82 bits per heavy atom. The third-order valence-corrected chi connectivity index (χ3v) is 4.24. The number of amides is 1. The van der Waals surface area contributed by atoms with Crippen LogP contribution in [0.4, 0.5) is 5.69 Å². The van der Waals surface area contributed by atoms with Crippen molar-refractivity contribution in [1.82, 2.24) is 0 Å². The molecule has 1 fully saturated rings. The summed E-state index contributed by atoms with van der Waals surface area (Å²) in [7, 11) is 0. The smallest absolute Gasteiger partial charge is 0.232 e. The van der Waals surface area contributed by atoms with Crippen molar-refractivity contribution in [3.05, 3.63) is 28.8 Å². The Morgan fingerprint density at radius 1 is 1.29 bits per heavy atom. The molecule has 0 bridgehead atoms. The number of nitrogens with one attached hydrogen (secondary N) is 1. The van der Waals surface area contributed by atoms with E-state index >= 15 is 0 Å². The van der Waals surface area contributed by atoms with Gasteiger partial charge in [-0.3, -0.25) is 4.79 Å². The SMILES string of the molecule is O=C1Nc2ccc(Cl)cc2C1CC1CCCC1. The topological polar surface area (TPSA) is 29.1 Å². The van der Waals surface area contributed by atoms with Crippen molar-refractivity contribution in [3.8, 4) is 0 Å². The number of halogens is 1. The number of benzene rings is 1. The maximum absolute atomic E-state index is 12.0. The van der Waals surface area contributed by atoms with E-state index in [0.717, 1.165) is 28.6 Å². The highest BCUT2D eigenvalue weighted by molar-refractivity contribution is 6.31. The van der Waals surface area contributed by atoms with Crippen molar-refractivity contribution in [1.29, 1.82) is 0 Å². The molecule has 1 atom stereocenters. The first-order valence-electron chi connectivity index (χ1n) is 6.34. The first kappa shape index (κ1) is 11.1. The van der Waals surface area contributed by atoms with Crippen LogP contribution in [0.1, 0.15) is 43.6 Å². The molecule has 1 aliphatic carbocycles. The van der Waals surface area contributed by atoms with E-state index < -0.39 is 0 Å². The quantitative estimate of drug-likeness (QED) is 0.845. The third-order valence-electron chi connectivity index (χ3n) is 4.01. The molecule has 3 heteroatoms. The highest BCUT2D eigenvalue weighted by Crippen LogP contribution is 2.41. The van der Waals surface area contributed by atoms with Gasteiger partial charge in [0, 0.05) is 10.7 Å². The van der Waals surface area contributed by atoms with Gasteiger partial charge >= 0.3 is 0 Å². The summed E-state index contributed by atoms with van der Waals surface area (Å²) in [5.41, 5.74) is 2.04. The van der Waals surface area contributed by atoms with Crippen molar-refractivity contribution >= 4 is 23.2 Å². The monoisotopic (exact) mass is 249 g/mol. The van der Waals surface area contributed by atoms with Crippen molar-refractivity contribution in [2.45, 2.75) is 38.0 Å². The Kier molecular flexibility index (Phi) is 2.83. The predicted octanol–water partition coefficient (Wildman–Crippen LogP) is 3.96. The van der Waals surface area contributed by atoms with Crippen LogP contribution >= 0.6 is 11.6 Å². The number of anilines is 1. The van der Waals surface area contributed by atoms with E-state index in [2.05, 4.69) is 5.32 Å². The summed E-state index contributed by atoms with van der Waals surface area (Å²) < 4.78 is 0. The van der Waals surface area contributed by atoms with Gasteiger partial charge in [0.25, 0.3) is 0 Å². The summed E-state index contributed by atoms with van der Waals surface area (Å²) >= 11 is 6.01. The largest absolute Gasteiger partial charge is 0.325 e. The van der Waals surface area contributed by atoms with Crippen LogP contribution in [0.15, 0.2) is 18.2 Å². The summed E-state index contributed by atoms with van der Waals surface area (Å²) in [6.45, 7) is 0. The van der Waals surface area contributed by atoms with Gasteiger partial charge in [0.2, 0.25) is 5.91 Å². The summed E-state index contributed by atoms with van der Waals surface area (Å²) in [6.07, 6.45) is 6.18. The maximum atomic E-state index is 12.0. The second kappa shape index (κ2) is 4.34.